The number of halogens is 1. The van der Waals surface area contributed by atoms with Gasteiger partial charge in [-0.2, -0.15) is 0 Å². The number of benzene rings is 4. The maximum atomic E-state index is 13.2. The minimum Gasteiger partial charge on any atom is -0.495 e. The van der Waals surface area contributed by atoms with Crippen LogP contribution in [0.15, 0.2) is 107 Å². The van der Waals surface area contributed by atoms with E-state index < -0.39 is 31.8 Å². The molecule has 0 saturated heterocycles. The Hall–Kier alpha value is -4.42. The highest BCUT2D eigenvalue weighted by molar-refractivity contribution is 7.93. The number of carbonyl (C=O) groups is 1. The second-order valence-electron chi connectivity index (χ2n) is 7.89. The fourth-order valence-electron chi connectivity index (χ4n) is 3.44. The molecule has 4 aromatic carbocycles. The number of ether oxygens (including phenoxy) is 1. The summed E-state index contributed by atoms with van der Waals surface area (Å²) >= 11 is 0. The quantitative estimate of drug-likeness (QED) is 0.275. The molecule has 0 heterocycles. The second-order valence-corrected chi connectivity index (χ2v) is 11.3. The zero-order valence-electron chi connectivity index (χ0n) is 19.9. The maximum absolute atomic E-state index is 13.2. The van der Waals surface area contributed by atoms with Crippen molar-refractivity contribution in [3.8, 4) is 5.75 Å². The average Bonchev–Trinajstić information content (AvgIpc) is 2.89. The van der Waals surface area contributed by atoms with Gasteiger partial charge in [-0.15, -0.1) is 0 Å². The predicted octanol–water partition coefficient (Wildman–Crippen LogP) is 4.69. The molecule has 4 aromatic rings. The first kappa shape index (κ1) is 26.6. The second kappa shape index (κ2) is 10.9. The molecule has 0 aromatic heterocycles. The van der Waals surface area contributed by atoms with Crippen LogP contribution in [0.5, 0.6) is 5.75 Å². The maximum Gasteiger partial charge on any atom is 0.262 e. The number of amides is 1. The van der Waals surface area contributed by atoms with Crippen molar-refractivity contribution in [2.24, 2.45) is 0 Å². The Morgan fingerprint density at radius 1 is 0.684 bits per heavy atom. The lowest BCUT2D eigenvalue weighted by molar-refractivity contribution is 0.102. The molecule has 1 amide bonds. The molecular weight excluding hydrogens is 533 g/mol. The topological polar surface area (TPSA) is 131 Å². The van der Waals surface area contributed by atoms with E-state index in [-0.39, 0.29) is 32.4 Å². The average molecular weight is 556 g/mol. The first-order valence-corrected chi connectivity index (χ1v) is 14.0. The van der Waals surface area contributed by atoms with E-state index in [0.29, 0.717) is 5.75 Å². The highest BCUT2D eigenvalue weighted by Crippen LogP contribution is 2.27. The Labute approximate surface area is 219 Å². The Balaban J connectivity index is 1.50. The monoisotopic (exact) mass is 555 g/mol. The van der Waals surface area contributed by atoms with Crippen molar-refractivity contribution in [1.82, 2.24) is 0 Å². The highest BCUT2D eigenvalue weighted by Gasteiger charge is 2.20. The van der Waals surface area contributed by atoms with E-state index >= 15 is 0 Å². The van der Waals surface area contributed by atoms with Gasteiger partial charge in [0.25, 0.3) is 26.0 Å². The molecule has 0 radical (unpaired) electrons. The Kier molecular flexibility index (Phi) is 7.65. The number of hydrogen-bond donors (Lipinski definition) is 3. The van der Waals surface area contributed by atoms with E-state index in [4.69, 9.17) is 4.74 Å². The number of methoxy groups -OCH3 is 1. The van der Waals surface area contributed by atoms with Crippen LogP contribution in [0.2, 0.25) is 0 Å². The van der Waals surface area contributed by atoms with Gasteiger partial charge < -0.3 is 10.1 Å². The lowest BCUT2D eigenvalue weighted by Gasteiger charge is -2.14. The lowest BCUT2D eigenvalue weighted by atomic mass is 10.1. The minimum absolute atomic E-state index is 0.00883. The van der Waals surface area contributed by atoms with Gasteiger partial charge in [0.05, 0.1) is 33.8 Å². The van der Waals surface area contributed by atoms with E-state index in [1.165, 1.54) is 43.5 Å². The molecule has 0 spiro atoms. The molecule has 0 aliphatic rings. The van der Waals surface area contributed by atoms with Crippen LogP contribution in [0.25, 0.3) is 0 Å². The fraction of sp³-hybridized carbons (Fsp3) is 0.0385. The van der Waals surface area contributed by atoms with Crippen molar-refractivity contribution < 1.29 is 30.8 Å². The molecule has 0 atom stereocenters. The summed E-state index contributed by atoms with van der Waals surface area (Å²) in [6.07, 6.45) is 0. The van der Waals surface area contributed by atoms with Gasteiger partial charge in [-0.05, 0) is 72.8 Å². The van der Waals surface area contributed by atoms with E-state index in [2.05, 4.69) is 14.8 Å². The molecule has 38 heavy (non-hydrogen) atoms. The Bertz CT molecular complexity index is 1680. The first-order chi connectivity index (χ1) is 18.1. The van der Waals surface area contributed by atoms with Crippen LogP contribution in [0.1, 0.15) is 10.4 Å². The number of carbonyl (C=O) groups excluding carboxylic acids is 1. The third kappa shape index (κ3) is 6.10. The van der Waals surface area contributed by atoms with Gasteiger partial charge in [-0.3, -0.25) is 14.2 Å². The third-order valence-corrected chi connectivity index (χ3v) is 8.08. The van der Waals surface area contributed by atoms with Crippen molar-refractivity contribution in [1.29, 1.82) is 0 Å². The molecule has 3 N–H and O–H groups in total. The van der Waals surface area contributed by atoms with E-state index in [9.17, 15) is 26.0 Å². The molecule has 0 fully saturated rings. The molecule has 0 saturated carbocycles. The number of para-hydroxylation sites is 3. The van der Waals surface area contributed by atoms with Crippen molar-refractivity contribution in [2.45, 2.75) is 9.79 Å². The van der Waals surface area contributed by atoms with Crippen LogP contribution in [0.3, 0.4) is 0 Å². The summed E-state index contributed by atoms with van der Waals surface area (Å²) in [7, 11) is -6.61. The van der Waals surface area contributed by atoms with Gasteiger partial charge in [-0.25, -0.2) is 21.2 Å². The molecule has 9 nitrogen and oxygen atoms in total. The first-order valence-electron chi connectivity index (χ1n) is 11.0. The zero-order valence-corrected chi connectivity index (χ0v) is 21.5. The summed E-state index contributed by atoms with van der Waals surface area (Å²) in [5.41, 5.74) is 0.580. The molecule has 0 bridgehead atoms. The lowest BCUT2D eigenvalue weighted by Crippen LogP contribution is -2.18. The number of hydrogen-bond acceptors (Lipinski definition) is 6. The number of sulfonamides is 2. The molecule has 0 aliphatic heterocycles. The summed E-state index contributed by atoms with van der Waals surface area (Å²) in [6, 6.07) is 22.2. The highest BCUT2D eigenvalue weighted by atomic mass is 32.2. The van der Waals surface area contributed by atoms with Gasteiger partial charge in [0.2, 0.25) is 0 Å². The summed E-state index contributed by atoms with van der Waals surface area (Å²) in [6.45, 7) is 0. The largest absolute Gasteiger partial charge is 0.495 e. The normalized spacial score (nSPS) is 11.4. The van der Waals surface area contributed by atoms with Gasteiger partial charge in [0.15, 0.2) is 0 Å². The summed E-state index contributed by atoms with van der Waals surface area (Å²) in [4.78, 5) is 12.7. The SMILES string of the molecule is COc1ccccc1NS(=O)(=O)c1ccc(NC(=O)c2ccccc2NS(=O)(=O)c2ccc(F)cc2)cc1. The summed E-state index contributed by atoms with van der Waals surface area (Å²) < 4.78 is 74.2. The van der Waals surface area contributed by atoms with Gasteiger partial charge in [0.1, 0.15) is 11.6 Å². The van der Waals surface area contributed by atoms with E-state index in [1.54, 1.807) is 36.4 Å². The summed E-state index contributed by atoms with van der Waals surface area (Å²) in [5.74, 6) is -0.864. The van der Waals surface area contributed by atoms with Gasteiger partial charge in [-0.1, -0.05) is 24.3 Å². The molecule has 0 aliphatic carbocycles. The van der Waals surface area contributed by atoms with E-state index in [1.807, 2.05) is 0 Å². The standard InChI is InChI=1S/C26H22FN3O6S2/c1-36-25-9-5-4-8-24(25)30-38(34,35)21-16-12-19(13-17-21)28-26(31)22-6-2-3-7-23(22)29-37(32,33)20-14-10-18(27)11-15-20/h2-17,29-30H,1H3,(H,28,31). The molecule has 12 heteroatoms. The van der Waals surface area contributed by atoms with Crippen molar-refractivity contribution >= 4 is 43.0 Å². The van der Waals surface area contributed by atoms with Crippen LogP contribution >= 0.6 is 0 Å². The third-order valence-electron chi connectivity index (χ3n) is 5.31. The van der Waals surface area contributed by atoms with Crippen LogP contribution in [0.4, 0.5) is 21.5 Å². The molecular formula is C26H22FN3O6S2. The zero-order chi connectivity index (χ0) is 27.3. The number of nitrogens with one attached hydrogen (secondary N) is 3. The number of anilines is 3. The summed E-state index contributed by atoms with van der Waals surface area (Å²) in [5, 5.41) is 2.62. The van der Waals surface area contributed by atoms with Crippen molar-refractivity contribution in [2.75, 3.05) is 21.9 Å². The van der Waals surface area contributed by atoms with Crippen LogP contribution in [-0.2, 0) is 20.0 Å². The van der Waals surface area contributed by atoms with Gasteiger partial charge >= 0.3 is 0 Å². The van der Waals surface area contributed by atoms with E-state index in [0.717, 1.165) is 24.3 Å². The number of rotatable bonds is 9. The molecule has 0 unspecified atom stereocenters. The van der Waals surface area contributed by atoms with Crippen molar-refractivity contribution in [3.63, 3.8) is 0 Å². The fourth-order valence-corrected chi connectivity index (χ4v) is 5.59. The van der Waals surface area contributed by atoms with Crippen molar-refractivity contribution in [3.05, 3.63) is 108 Å². The smallest absolute Gasteiger partial charge is 0.262 e. The Morgan fingerprint density at radius 3 is 1.79 bits per heavy atom. The van der Waals surface area contributed by atoms with Crippen LogP contribution in [-0.4, -0.2) is 29.9 Å². The van der Waals surface area contributed by atoms with Crippen LogP contribution < -0.4 is 19.5 Å². The Morgan fingerprint density at radius 2 is 1.18 bits per heavy atom. The molecule has 4 rings (SSSR count). The van der Waals surface area contributed by atoms with Gasteiger partial charge in [0, 0.05) is 5.69 Å². The van der Waals surface area contributed by atoms with Crippen LogP contribution in [0, 0.1) is 5.82 Å². The predicted molar refractivity (Wildman–Crippen MR) is 142 cm³/mol. The minimum atomic E-state index is -4.09. The molecule has 196 valence electrons.